The van der Waals surface area contributed by atoms with Crippen LogP contribution in [0.4, 0.5) is 14.5 Å². The van der Waals surface area contributed by atoms with Crippen molar-refractivity contribution in [1.29, 1.82) is 0 Å². The van der Waals surface area contributed by atoms with Crippen LogP contribution in [-0.2, 0) is 11.3 Å². The maximum atomic E-state index is 13.6. The van der Waals surface area contributed by atoms with E-state index >= 15 is 0 Å². The highest BCUT2D eigenvalue weighted by Crippen LogP contribution is 2.33. The molecule has 0 radical (unpaired) electrons. The number of hydrogen-bond donors (Lipinski definition) is 0. The molecule has 0 fully saturated rings. The first-order valence-electron chi connectivity index (χ1n) is 5.74. The van der Waals surface area contributed by atoms with Crippen LogP contribution in [0, 0.1) is 18.6 Å². The van der Waals surface area contributed by atoms with Crippen LogP contribution < -0.4 is 4.90 Å². The van der Waals surface area contributed by atoms with E-state index in [0.29, 0.717) is 6.07 Å². The van der Waals surface area contributed by atoms with Crippen LogP contribution in [0.1, 0.15) is 20.2 Å². The lowest BCUT2D eigenvalue weighted by atomic mass is 10.1. The van der Waals surface area contributed by atoms with E-state index < -0.39 is 23.3 Å². The van der Waals surface area contributed by atoms with Gasteiger partial charge in [0.15, 0.2) is 0 Å². The van der Waals surface area contributed by atoms with E-state index in [2.05, 4.69) is 4.98 Å². The number of carbonyl (C=O) groups excluding carboxylic acids is 2. The van der Waals surface area contributed by atoms with Gasteiger partial charge in [-0.25, -0.2) is 13.8 Å². The summed E-state index contributed by atoms with van der Waals surface area (Å²) in [7, 11) is 0. The summed E-state index contributed by atoms with van der Waals surface area (Å²) in [4.78, 5) is 29.5. The molecule has 2 aromatic rings. The number of benzene rings is 1. The zero-order valence-corrected chi connectivity index (χ0v) is 11.1. The molecule has 0 bridgehead atoms. The van der Waals surface area contributed by atoms with Gasteiger partial charge < -0.3 is 0 Å². The van der Waals surface area contributed by atoms with Crippen LogP contribution in [0.3, 0.4) is 0 Å². The zero-order chi connectivity index (χ0) is 14.4. The molecule has 0 saturated heterocycles. The van der Waals surface area contributed by atoms with Gasteiger partial charge in [0.25, 0.3) is 11.7 Å². The fraction of sp³-hybridized carbons (Fsp3) is 0.154. The molecule has 2 heterocycles. The number of nitrogens with zero attached hydrogens (tertiary/aromatic N) is 2. The van der Waals surface area contributed by atoms with Crippen molar-refractivity contribution >= 4 is 28.7 Å². The monoisotopic (exact) mass is 294 g/mol. The molecule has 1 aliphatic heterocycles. The molecule has 102 valence electrons. The van der Waals surface area contributed by atoms with Crippen molar-refractivity contribution in [3.8, 4) is 0 Å². The van der Waals surface area contributed by atoms with Gasteiger partial charge in [0.1, 0.15) is 11.6 Å². The fourth-order valence-corrected chi connectivity index (χ4v) is 2.91. The lowest BCUT2D eigenvalue weighted by molar-refractivity contribution is -0.114. The van der Waals surface area contributed by atoms with Gasteiger partial charge in [-0.1, -0.05) is 0 Å². The minimum atomic E-state index is -1.01. The summed E-state index contributed by atoms with van der Waals surface area (Å²) in [5.74, 6) is -3.63. The van der Waals surface area contributed by atoms with Gasteiger partial charge in [-0.15, -0.1) is 11.3 Å². The molecule has 0 unspecified atom stereocenters. The van der Waals surface area contributed by atoms with Gasteiger partial charge in [-0.2, -0.15) is 0 Å². The topological polar surface area (TPSA) is 50.3 Å². The first kappa shape index (κ1) is 12.9. The van der Waals surface area contributed by atoms with E-state index in [1.807, 2.05) is 0 Å². The van der Waals surface area contributed by atoms with Gasteiger partial charge in [-0.3, -0.25) is 14.5 Å². The van der Waals surface area contributed by atoms with Crippen molar-refractivity contribution in [3.05, 3.63) is 45.4 Å². The first-order valence-corrected chi connectivity index (χ1v) is 6.55. The normalized spacial score (nSPS) is 14.1. The number of fused-ring (bicyclic) bond motifs is 1. The predicted molar refractivity (Wildman–Crippen MR) is 68.7 cm³/mol. The molecule has 3 rings (SSSR count). The minimum absolute atomic E-state index is 0.0245. The van der Waals surface area contributed by atoms with Crippen LogP contribution in [0.2, 0.25) is 0 Å². The van der Waals surface area contributed by atoms with E-state index in [1.165, 1.54) is 11.3 Å². The molecule has 0 spiro atoms. The highest BCUT2D eigenvalue weighted by Gasteiger charge is 2.39. The summed E-state index contributed by atoms with van der Waals surface area (Å²) in [5.41, 5.74) is -0.388. The third kappa shape index (κ3) is 1.90. The number of hydrogen-bond acceptors (Lipinski definition) is 4. The number of anilines is 1. The molecule has 0 aliphatic carbocycles. The number of thiazole rings is 1. The Kier molecular flexibility index (Phi) is 2.86. The lowest BCUT2D eigenvalue weighted by Crippen LogP contribution is -2.28. The Hall–Kier alpha value is -2.15. The molecule has 0 N–H and O–H groups in total. The molecule has 1 aliphatic rings. The van der Waals surface area contributed by atoms with Gasteiger partial charge in [-0.05, 0) is 13.0 Å². The van der Waals surface area contributed by atoms with Crippen molar-refractivity contribution in [2.75, 3.05) is 4.90 Å². The minimum Gasteiger partial charge on any atom is -0.299 e. The predicted octanol–water partition coefficient (Wildman–Crippen LogP) is 2.46. The van der Waals surface area contributed by atoms with E-state index in [1.54, 1.807) is 13.1 Å². The number of rotatable bonds is 2. The van der Waals surface area contributed by atoms with Crippen LogP contribution in [0.25, 0.3) is 0 Å². The Labute approximate surface area is 116 Å². The third-order valence-corrected chi connectivity index (χ3v) is 3.87. The molecule has 20 heavy (non-hydrogen) atoms. The average molecular weight is 294 g/mol. The molecule has 1 aromatic heterocycles. The SMILES string of the molecule is Cc1ncc(CN2C(=O)C(=O)c3c(F)cc(F)cc32)s1. The highest BCUT2D eigenvalue weighted by molar-refractivity contribution is 7.11. The molecule has 4 nitrogen and oxygen atoms in total. The van der Waals surface area contributed by atoms with Crippen LogP contribution in [-0.4, -0.2) is 16.7 Å². The van der Waals surface area contributed by atoms with Crippen LogP contribution >= 0.6 is 11.3 Å². The van der Waals surface area contributed by atoms with Crippen molar-refractivity contribution in [2.24, 2.45) is 0 Å². The molecule has 0 saturated carbocycles. The van der Waals surface area contributed by atoms with Gasteiger partial charge in [0.05, 0.1) is 22.8 Å². The van der Waals surface area contributed by atoms with Gasteiger partial charge in [0, 0.05) is 17.1 Å². The van der Waals surface area contributed by atoms with Crippen molar-refractivity contribution in [3.63, 3.8) is 0 Å². The maximum absolute atomic E-state index is 13.6. The molecular weight excluding hydrogens is 286 g/mol. The molecular formula is C13H8F2N2O2S. The number of ketones is 1. The van der Waals surface area contributed by atoms with Crippen molar-refractivity contribution in [1.82, 2.24) is 4.98 Å². The van der Waals surface area contributed by atoms with E-state index in [9.17, 15) is 18.4 Å². The second-order valence-electron chi connectivity index (χ2n) is 4.35. The quantitative estimate of drug-likeness (QED) is 0.799. The summed E-state index contributed by atoms with van der Waals surface area (Å²) in [5, 5.41) is 0.809. The summed E-state index contributed by atoms with van der Waals surface area (Å²) in [6.45, 7) is 1.88. The summed E-state index contributed by atoms with van der Waals surface area (Å²) in [6, 6.07) is 1.60. The molecule has 0 atom stereocenters. The fourth-order valence-electron chi connectivity index (χ4n) is 2.13. The number of amides is 1. The molecule has 1 amide bonds. The smallest absolute Gasteiger partial charge is 0.299 e. The molecule has 7 heteroatoms. The molecule has 1 aromatic carbocycles. The van der Waals surface area contributed by atoms with Crippen LogP contribution in [0.5, 0.6) is 0 Å². The number of aryl methyl sites for hydroxylation is 1. The second kappa shape index (κ2) is 4.45. The number of Topliss-reactive ketones (excluding diaryl/α,β-unsaturated/α-hetero) is 1. The van der Waals surface area contributed by atoms with Crippen LogP contribution in [0.15, 0.2) is 18.3 Å². The first-order chi connectivity index (χ1) is 9.47. The number of halogens is 2. The Balaban J connectivity index is 2.06. The Morgan fingerprint density at radius 2 is 2.05 bits per heavy atom. The summed E-state index contributed by atoms with van der Waals surface area (Å²) < 4.78 is 26.9. The van der Waals surface area contributed by atoms with Crippen molar-refractivity contribution < 1.29 is 18.4 Å². The number of carbonyl (C=O) groups is 2. The average Bonchev–Trinajstić information content (AvgIpc) is 2.87. The Morgan fingerprint density at radius 1 is 1.30 bits per heavy atom. The zero-order valence-electron chi connectivity index (χ0n) is 10.3. The number of aromatic nitrogens is 1. The second-order valence-corrected chi connectivity index (χ2v) is 5.67. The summed E-state index contributed by atoms with van der Waals surface area (Å²) >= 11 is 1.36. The van der Waals surface area contributed by atoms with E-state index in [0.717, 1.165) is 20.9 Å². The van der Waals surface area contributed by atoms with E-state index in [-0.39, 0.29) is 17.8 Å². The third-order valence-electron chi connectivity index (χ3n) is 2.97. The van der Waals surface area contributed by atoms with E-state index in [4.69, 9.17) is 0 Å². The highest BCUT2D eigenvalue weighted by atomic mass is 32.1. The van der Waals surface area contributed by atoms with Crippen molar-refractivity contribution in [2.45, 2.75) is 13.5 Å². The summed E-state index contributed by atoms with van der Waals surface area (Å²) in [6.07, 6.45) is 1.57. The van der Waals surface area contributed by atoms with Gasteiger partial charge >= 0.3 is 0 Å². The Bertz CT molecular complexity index is 742. The Morgan fingerprint density at radius 3 is 2.70 bits per heavy atom. The maximum Gasteiger partial charge on any atom is 0.299 e. The lowest BCUT2D eigenvalue weighted by Gasteiger charge is -2.15. The largest absolute Gasteiger partial charge is 0.299 e. The van der Waals surface area contributed by atoms with Gasteiger partial charge in [0.2, 0.25) is 0 Å². The standard InChI is InChI=1S/C13H8F2N2O2S/c1-6-16-4-8(20-6)5-17-10-3-7(14)2-9(15)11(10)12(18)13(17)19/h2-4H,5H2,1H3.